The maximum atomic E-state index is 10.8. The number of methoxy groups -OCH3 is 1. The number of hydrogen-bond acceptors (Lipinski definition) is 4. The summed E-state index contributed by atoms with van der Waals surface area (Å²) in [4.78, 5) is 0. The lowest BCUT2D eigenvalue weighted by atomic mass is 9.63. The van der Waals surface area contributed by atoms with Gasteiger partial charge in [0.05, 0.1) is 24.4 Å². The lowest BCUT2D eigenvalue weighted by Crippen LogP contribution is -2.54. The fourth-order valence-electron chi connectivity index (χ4n) is 3.14. The van der Waals surface area contributed by atoms with Gasteiger partial charge in [-0.3, -0.25) is 0 Å². The standard InChI is InChI=1S/C13H21NO3/c1-16-11-3-6-13(15,7-4-11)12(9-14)5-2-8-17-10-12/h11,15H,2-8,10H2,1H3. The van der Waals surface area contributed by atoms with E-state index in [1.807, 2.05) is 0 Å². The van der Waals surface area contributed by atoms with Gasteiger partial charge in [0, 0.05) is 13.7 Å². The molecule has 1 saturated carbocycles. The quantitative estimate of drug-likeness (QED) is 0.795. The Morgan fingerprint density at radius 2 is 2.06 bits per heavy atom. The average Bonchev–Trinajstić information content (AvgIpc) is 2.40. The average molecular weight is 239 g/mol. The molecule has 1 unspecified atom stereocenters. The number of nitriles is 1. The van der Waals surface area contributed by atoms with Gasteiger partial charge in [0.2, 0.25) is 0 Å². The molecular formula is C13H21NO3. The zero-order valence-electron chi connectivity index (χ0n) is 10.4. The summed E-state index contributed by atoms with van der Waals surface area (Å²) in [7, 11) is 1.71. The summed E-state index contributed by atoms with van der Waals surface area (Å²) in [6.07, 6.45) is 4.79. The summed E-state index contributed by atoms with van der Waals surface area (Å²) in [5.74, 6) is 0. The van der Waals surface area contributed by atoms with Gasteiger partial charge in [0.25, 0.3) is 0 Å². The Morgan fingerprint density at radius 3 is 2.53 bits per heavy atom. The molecule has 96 valence electrons. The molecule has 0 amide bonds. The predicted octanol–water partition coefficient (Wildman–Crippen LogP) is 1.63. The molecule has 0 bridgehead atoms. The van der Waals surface area contributed by atoms with Crippen molar-refractivity contribution in [1.29, 1.82) is 5.26 Å². The van der Waals surface area contributed by atoms with Crippen LogP contribution < -0.4 is 0 Å². The Kier molecular flexibility index (Phi) is 3.72. The van der Waals surface area contributed by atoms with Crippen molar-refractivity contribution in [2.75, 3.05) is 20.3 Å². The summed E-state index contributed by atoms with van der Waals surface area (Å²) in [5.41, 5.74) is -1.60. The van der Waals surface area contributed by atoms with Crippen molar-refractivity contribution in [3.8, 4) is 6.07 Å². The molecule has 2 fully saturated rings. The monoisotopic (exact) mass is 239 g/mol. The molecule has 1 heterocycles. The Morgan fingerprint density at radius 1 is 1.35 bits per heavy atom. The number of aliphatic hydroxyl groups is 1. The minimum atomic E-state index is -0.892. The van der Waals surface area contributed by atoms with Crippen LogP contribution in [0.4, 0.5) is 0 Å². The van der Waals surface area contributed by atoms with E-state index in [0.717, 1.165) is 25.7 Å². The van der Waals surface area contributed by atoms with Crippen molar-refractivity contribution in [2.24, 2.45) is 5.41 Å². The van der Waals surface area contributed by atoms with E-state index in [2.05, 4.69) is 6.07 Å². The smallest absolute Gasteiger partial charge is 0.109 e. The third kappa shape index (κ3) is 2.20. The van der Waals surface area contributed by atoms with Crippen molar-refractivity contribution in [3.05, 3.63) is 0 Å². The zero-order chi connectivity index (χ0) is 12.4. The second-order valence-corrected chi connectivity index (χ2v) is 5.32. The first-order valence-electron chi connectivity index (χ1n) is 6.40. The number of rotatable bonds is 2. The van der Waals surface area contributed by atoms with Crippen LogP contribution in [0.25, 0.3) is 0 Å². The maximum absolute atomic E-state index is 10.8. The minimum Gasteiger partial charge on any atom is -0.388 e. The molecule has 0 aromatic carbocycles. The zero-order valence-corrected chi connectivity index (χ0v) is 10.4. The summed E-state index contributed by atoms with van der Waals surface area (Å²) in [5, 5.41) is 20.3. The largest absolute Gasteiger partial charge is 0.388 e. The van der Waals surface area contributed by atoms with Gasteiger partial charge in [0.1, 0.15) is 5.41 Å². The first-order valence-corrected chi connectivity index (χ1v) is 6.40. The lowest BCUT2D eigenvalue weighted by molar-refractivity contribution is -0.148. The highest BCUT2D eigenvalue weighted by atomic mass is 16.5. The van der Waals surface area contributed by atoms with Gasteiger partial charge in [-0.1, -0.05) is 0 Å². The van der Waals surface area contributed by atoms with Crippen LogP contribution >= 0.6 is 0 Å². The van der Waals surface area contributed by atoms with Gasteiger partial charge in [-0.05, 0) is 38.5 Å². The van der Waals surface area contributed by atoms with Gasteiger partial charge in [-0.15, -0.1) is 0 Å². The van der Waals surface area contributed by atoms with Crippen molar-refractivity contribution in [1.82, 2.24) is 0 Å². The number of hydrogen-bond donors (Lipinski definition) is 1. The first-order chi connectivity index (χ1) is 8.16. The summed E-state index contributed by atoms with van der Waals surface area (Å²) in [6, 6.07) is 2.34. The van der Waals surface area contributed by atoms with Crippen LogP contribution in [0.2, 0.25) is 0 Å². The third-order valence-electron chi connectivity index (χ3n) is 4.44. The molecule has 1 aliphatic carbocycles. The van der Waals surface area contributed by atoms with Crippen LogP contribution in [-0.2, 0) is 9.47 Å². The van der Waals surface area contributed by atoms with Gasteiger partial charge < -0.3 is 14.6 Å². The van der Waals surface area contributed by atoms with Crippen LogP contribution in [0.15, 0.2) is 0 Å². The molecular weight excluding hydrogens is 218 g/mol. The van der Waals surface area contributed by atoms with E-state index in [-0.39, 0.29) is 6.10 Å². The molecule has 2 rings (SSSR count). The van der Waals surface area contributed by atoms with Crippen molar-refractivity contribution < 1.29 is 14.6 Å². The van der Waals surface area contributed by atoms with Crippen LogP contribution in [-0.4, -0.2) is 37.1 Å². The second kappa shape index (κ2) is 4.93. The summed E-state index contributed by atoms with van der Waals surface area (Å²) < 4.78 is 10.7. The molecule has 1 N–H and O–H groups in total. The van der Waals surface area contributed by atoms with E-state index in [0.29, 0.717) is 26.1 Å². The molecule has 0 aromatic rings. The second-order valence-electron chi connectivity index (χ2n) is 5.32. The van der Waals surface area contributed by atoms with Gasteiger partial charge in [-0.25, -0.2) is 0 Å². The van der Waals surface area contributed by atoms with E-state index in [9.17, 15) is 10.4 Å². The van der Waals surface area contributed by atoms with Crippen molar-refractivity contribution >= 4 is 0 Å². The third-order valence-corrected chi connectivity index (χ3v) is 4.44. The van der Waals surface area contributed by atoms with E-state index in [1.54, 1.807) is 7.11 Å². The van der Waals surface area contributed by atoms with Gasteiger partial charge >= 0.3 is 0 Å². The molecule has 1 atom stereocenters. The highest BCUT2D eigenvalue weighted by Crippen LogP contribution is 2.47. The first kappa shape index (κ1) is 12.8. The Hall–Kier alpha value is -0.630. The van der Waals surface area contributed by atoms with E-state index in [1.165, 1.54) is 0 Å². The molecule has 4 nitrogen and oxygen atoms in total. The van der Waals surface area contributed by atoms with Crippen LogP contribution in [0.5, 0.6) is 0 Å². The van der Waals surface area contributed by atoms with Gasteiger partial charge in [-0.2, -0.15) is 5.26 Å². The Labute approximate surface area is 103 Å². The highest BCUT2D eigenvalue weighted by molar-refractivity contribution is 5.13. The molecule has 17 heavy (non-hydrogen) atoms. The maximum Gasteiger partial charge on any atom is 0.109 e. The van der Waals surface area contributed by atoms with Crippen LogP contribution in [0.3, 0.4) is 0 Å². The fourth-order valence-corrected chi connectivity index (χ4v) is 3.14. The lowest BCUT2D eigenvalue weighted by Gasteiger charge is -2.47. The fraction of sp³-hybridized carbons (Fsp3) is 0.923. The van der Waals surface area contributed by atoms with Crippen LogP contribution in [0.1, 0.15) is 38.5 Å². The van der Waals surface area contributed by atoms with Crippen LogP contribution in [0, 0.1) is 16.7 Å². The minimum absolute atomic E-state index is 0.232. The molecule has 0 radical (unpaired) electrons. The predicted molar refractivity (Wildman–Crippen MR) is 62.3 cm³/mol. The number of nitrogens with zero attached hydrogens (tertiary/aromatic N) is 1. The topological polar surface area (TPSA) is 62.5 Å². The van der Waals surface area contributed by atoms with Crippen molar-refractivity contribution in [3.63, 3.8) is 0 Å². The van der Waals surface area contributed by atoms with E-state index < -0.39 is 11.0 Å². The molecule has 2 aliphatic rings. The van der Waals surface area contributed by atoms with Crippen molar-refractivity contribution in [2.45, 2.75) is 50.2 Å². The molecule has 4 heteroatoms. The Bertz CT molecular complexity index is 296. The van der Waals surface area contributed by atoms with Gasteiger partial charge in [0.15, 0.2) is 0 Å². The molecule has 0 aromatic heterocycles. The normalized spacial score (nSPS) is 43.0. The number of ether oxygens (including phenoxy) is 2. The highest BCUT2D eigenvalue weighted by Gasteiger charge is 2.53. The molecule has 1 saturated heterocycles. The molecule has 0 spiro atoms. The summed E-state index contributed by atoms with van der Waals surface area (Å²) in [6.45, 7) is 1.08. The Balaban J connectivity index is 2.11. The SMILES string of the molecule is COC1CCC(O)(C2(C#N)CCCOC2)CC1. The summed E-state index contributed by atoms with van der Waals surface area (Å²) >= 11 is 0. The molecule has 1 aliphatic heterocycles. The van der Waals surface area contributed by atoms with E-state index >= 15 is 0 Å². The van der Waals surface area contributed by atoms with E-state index in [4.69, 9.17) is 9.47 Å².